The number of aromatic hydroxyl groups is 2. The molecule has 0 spiro atoms. The first-order valence-electron chi connectivity index (χ1n) is 7.70. The predicted octanol–water partition coefficient (Wildman–Crippen LogP) is 2.93. The van der Waals surface area contributed by atoms with E-state index in [9.17, 15) is 19.8 Å². The summed E-state index contributed by atoms with van der Waals surface area (Å²) in [5, 5.41) is 35.3. The van der Waals surface area contributed by atoms with E-state index in [-0.39, 0.29) is 45.9 Å². The van der Waals surface area contributed by atoms with E-state index >= 15 is 0 Å². The zero-order chi connectivity index (χ0) is 20.8. The molecule has 0 aliphatic rings. The molecule has 0 saturated heterocycles. The van der Waals surface area contributed by atoms with Gasteiger partial charge in [-0.2, -0.15) is 0 Å². The molecule has 0 fully saturated rings. The Hall–Kier alpha value is -3.10. The molecule has 0 unspecified atom stereocenters. The number of halogens is 2. The summed E-state index contributed by atoms with van der Waals surface area (Å²) in [6.45, 7) is -0.772. The van der Waals surface area contributed by atoms with Crippen molar-refractivity contribution in [2.24, 2.45) is 0 Å². The summed E-state index contributed by atoms with van der Waals surface area (Å²) in [5.41, 5.74) is -1.45. The molecule has 0 heterocycles. The number of esters is 2. The maximum Gasteiger partial charge on any atom is 0.357 e. The van der Waals surface area contributed by atoms with Gasteiger partial charge in [0.2, 0.25) is 0 Å². The summed E-state index contributed by atoms with van der Waals surface area (Å²) in [6, 6.07) is 7.73. The Balaban J connectivity index is 1.86. The molecule has 2 aromatic carbocycles. The average molecular weight is 425 g/mol. The Bertz CT molecular complexity index is 884. The third kappa shape index (κ3) is 5.21. The second-order valence-electron chi connectivity index (χ2n) is 5.34. The highest BCUT2D eigenvalue weighted by atomic mass is 35.5. The van der Waals surface area contributed by atoms with Crippen LogP contribution in [0.3, 0.4) is 0 Å². The van der Waals surface area contributed by atoms with E-state index < -0.39 is 23.4 Å². The maximum atomic E-state index is 11.9. The molecular formula is C18H14Cl2N2O6. The molecule has 0 bridgehead atoms. The number of nitrogens with one attached hydrogen (secondary N) is 2. The molecule has 0 atom stereocenters. The monoisotopic (exact) mass is 424 g/mol. The van der Waals surface area contributed by atoms with E-state index in [0.29, 0.717) is 0 Å². The standard InChI is InChI=1S/C18H14Cl2N2O6/c19-9-1-3-13(23)11(7-9)15(21)17(25)27-5-6-28-18(26)16(22)12-8-10(20)2-4-14(12)24/h1-4,7-8,21-24H,5-6H2. The van der Waals surface area contributed by atoms with Gasteiger partial charge >= 0.3 is 11.9 Å². The molecule has 2 rings (SSSR count). The van der Waals surface area contributed by atoms with Crippen molar-refractivity contribution in [1.82, 2.24) is 0 Å². The van der Waals surface area contributed by atoms with Crippen LogP contribution < -0.4 is 0 Å². The second kappa shape index (κ2) is 9.20. The predicted molar refractivity (Wildman–Crippen MR) is 102 cm³/mol. The van der Waals surface area contributed by atoms with Crippen molar-refractivity contribution in [1.29, 1.82) is 10.8 Å². The minimum absolute atomic E-state index is 0.104. The Kier molecular flexibility index (Phi) is 6.97. The molecule has 0 radical (unpaired) electrons. The third-order valence-electron chi connectivity index (χ3n) is 3.41. The lowest BCUT2D eigenvalue weighted by Gasteiger charge is -2.09. The fourth-order valence-electron chi connectivity index (χ4n) is 2.05. The number of carbonyl (C=O) groups is 2. The van der Waals surface area contributed by atoms with E-state index in [1.807, 2.05) is 0 Å². The fourth-order valence-corrected chi connectivity index (χ4v) is 2.39. The van der Waals surface area contributed by atoms with Crippen LogP contribution in [0.4, 0.5) is 0 Å². The van der Waals surface area contributed by atoms with Gasteiger partial charge in [0.05, 0.1) is 11.1 Å². The first kappa shape index (κ1) is 21.2. The Morgan fingerprint density at radius 1 is 0.786 bits per heavy atom. The lowest BCUT2D eigenvalue weighted by atomic mass is 10.1. The molecule has 10 heteroatoms. The van der Waals surface area contributed by atoms with Crippen LogP contribution in [0.15, 0.2) is 36.4 Å². The molecule has 0 aliphatic heterocycles. The summed E-state index contributed by atoms with van der Waals surface area (Å²) in [5.74, 6) is -2.74. The number of ether oxygens (including phenoxy) is 2. The van der Waals surface area contributed by atoms with Gasteiger partial charge in [-0.3, -0.25) is 10.8 Å². The molecule has 28 heavy (non-hydrogen) atoms. The van der Waals surface area contributed by atoms with Crippen molar-refractivity contribution in [3.05, 3.63) is 57.6 Å². The van der Waals surface area contributed by atoms with Crippen LogP contribution in [0.25, 0.3) is 0 Å². The van der Waals surface area contributed by atoms with Gasteiger partial charge in [0.15, 0.2) is 11.4 Å². The molecule has 2 aromatic rings. The number of carbonyl (C=O) groups excluding carboxylic acids is 2. The Morgan fingerprint density at radius 3 is 1.50 bits per heavy atom. The van der Waals surface area contributed by atoms with Crippen molar-refractivity contribution in [2.45, 2.75) is 0 Å². The zero-order valence-corrected chi connectivity index (χ0v) is 15.7. The summed E-state index contributed by atoms with van der Waals surface area (Å²) < 4.78 is 9.59. The van der Waals surface area contributed by atoms with Gasteiger partial charge in [0, 0.05) is 10.0 Å². The first-order chi connectivity index (χ1) is 13.2. The smallest absolute Gasteiger partial charge is 0.357 e. The van der Waals surface area contributed by atoms with Gasteiger partial charge in [-0.25, -0.2) is 9.59 Å². The van der Waals surface area contributed by atoms with E-state index in [4.69, 9.17) is 43.5 Å². The highest BCUT2D eigenvalue weighted by Gasteiger charge is 2.20. The Labute approximate surface area is 169 Å². The number of phenolic OH excluding ortho intramolecular Hbond substituents is 2. The molecule has 0 aliphatic carbocycles. The van der Waals surface area contributed by atoms with E-state index in [0.717, 1.165) is 0 Å². The van der Waals surface area contributed by atoms with Crippen molar-refractivity contribution in [3.63, 3.8) is 0 Å². The van der Waals surface area contributed by atoms with Crippen molar-refractivity contribution in [3.8, 4) is 11.5 Å². The van der Waals surface area contributed by atoms with Crippen LogP contribution in [-0.4, -0.2) is 46.8 Å². The number of rotatable bonds is 7. The van der Waals surface area contributed by atoms with E-state index in [2.05, 4.69) is 0 Å². The Morgan fingerprint density at radius 2 is 1.14 bits per heavy atom. The summed E-state index contributed by atoms with van der Waals surface area (Å²) in [6.07, 6.45) is 0. The van der Waals surface area contributed by atoms with Gasteiger partial charge in [-0.1, -0.05) is 23.2 Å². The molecule has 0 amide bonds. The van der Waals surface area contributed by atoms with Crippen LogP contribution in [0, 0.1) is 10.8 Å². The SMILES string of the molecule is N=C(C(=O)OCCOC(=O)C(=N)c1cc(Cl)ccc1O)c1cc(Cl)ccc1O. The van der Waals surface area contributed by atoms with Crippen molar-refractivity contribution < 1.29 is 29.3 Å². The van der Waals surface area contributed by atoms with Crippen LogP contribution in [-0.2, 0) is 19.1 Å². The summed E-state index contributed by atoms with van der Waals surface area (Å²) in [4.78, 5) is 23.7. The van der Waals surface area contributed by atoms with Gasteiger partial charge < -0.3 is 19.7 Å². The molecule has 0 aromatic heterocycles. The van der Waals surface area contributed by atoms with Crippen molar-refractivity contribution >= 4 is 46.6 Å². The minimum atomic E-state index is -1.06. The van der Waals surface area contributed by atoms with E-state index in [1.54, 1.807) is 0 Å². The van der Waals surface area contributed by atoms with E-state index in [1.165, 1.54) is 36.4 Å². The quantitative estimate of drug-likeness (QED) is 0.305. The first-order valence-corrected chi connectivity index (χ1v) is 8.45. The highest BCUT2D eigenvalue weighted by molar-refractivity contribution is 6.44. The third-order valence-corrected chi connectivity index (χ3v) is 3.88. The second-order valence-corrected chi connectivity index (χ2v) is 6.22. The number of hydrogen-bond acceptors (Lipinski definition) is 8. The maximum absolute atomic E-state index is 11.9. The van der Waals surface area contributed by atoms with Crippen LogP contribution in [0.5, 0.6) is 11.5 Å². The minimum Gasteiger partial charge on any atom is -0.507 e. The lowest BCUT2D eigenvalue weighted by molar-refractivity contribution is -0.143. The van der Waals surface area contributed by atoms with Gasteiger partial charge in [0.1, 0.15) is 24.7 Å². The number of benzene rings is 2. The lowest BCUT2D eigenvalue weighted by Crippen LogP contribution is -2.23. The molecular weight excluding hydrogens is 411 g/mol. The fraction of sp³-hybridized carbons (Fsp3) is 0.111. The largest absolute Gasteiger partial charge is 0.507 e. The van der Waals surface area contributed by atoms with Gasteiger partial charge in [-0.05, 0) is 36.4 Å². The van der Waals surface area contributed by atoms with Crippen LogP contribution in [0.1, 0.15) is 11.1 Å². The zero-order valence-electron chi connectivity index (χ0n) is 14.2. The van der Waals surface area contributed by atoms with Gasteiger partial charge in [-0.15, -0.1) is 0 Å². The number of hydrogen-bond donors (Lipinski definition) is 4. The highest BCUT2D eigenvalue weighted by Crippen LogP contribution is 2.23. The number of phenols is 2. The molecule has 146 valence electrons. The summed E-state index contributed by atoms with van der Waals surface area (Å²) in [7, 11) is 0. The topological polar surface area (TPSA) is 141 Å². The summed E-state index contributed by atoms with van der Waals surface area (Å²) >= 11 is 11.5. The molecule has 4 N–H and O–H groups in total. The average Bonchev–Trinajstić information content (AvgIpc) is 2.67. The van der Waals surface area contributed by atoms with Gasteiger partial charge in [0.25, 0.3) is 0 Å². The normalized spacial score (nSPS) is 10.2. The van der Waals surface area contributed by atoms with Crippen molar-refractivity contribution in [2.75, 3.05) is 13.2 Å². The van der Waals surface area contributed by atoms with Crippen LogP contribution in [0.2, 0.25) is 10.0 Å². The molecule has 8 nitrogen and oxygen atoms in total. The molecule has 0 saturated carbocycles. The van der Waals surface area contributed by atoms with Crippen LogP contribution >= 0.6 is 23.2 Å².